The third kappa shape index (κ3) is 4.47. The lowest BCUT2D eigenvalue weighted by Crippen LogP contribution is -2.42. The zero-order valence-electron chi connectivity index (χ0n) is 13.9. The largest absolute Gasteiger partial charge is 0.496 e. The highest BCUT2D eigenvalue weighted by Gasteiger charge is 2.31. The van der Waals surface area contributed by atoms with E-state index in [1.807, 2.05) is 0 Å². The molecule has 21 heavy (non-hydrogen) atoms. The van der Waals surface area contributed by atoms with Gasteiger partial charge in [0, 0.05) is 6.04 Å². The van der Waals surface area contributed by atoms with Crippen LogP contribution in [-0.4, -0.2) is 19.7 Å². The van der Waals surface area contributed by atoms with E-state index >= 15 is 0 Å². The van der Waals surface area contributed by atoms with E-state index in [1.165, 1.54) is 50.6 Å². The van der Waals surface area contributed by atoms with Crippen molar-refractivity contribution in [1.82, 2.24) is 5.32 Å². The first-order chi connectivity index (χ1) is 10.3. The summed E-state index contributed by atoms with van der Waals surface area (Å²) >= 11 is 0. The minimum absolute atomic E-state index is 0.675. The fourth-order valence-electron chi connectivity index (χ4n) is 3.32. The summed E-state index contributed by atoms with van der Waals surface area (Å²) in [5.74, 6) is 2.58. The molecule has 1 unspecified atom stereocenters. The lowest BCUT2D eigenvalue weighted by molar-refractivity contribution is 0.264. The number of para-hydroxylation sites is 1. The van der Waals surface area contributed by atoms with Gasteiger partial charge in [-0.15, -0.1) is 0 Å². The lowest BCUT2D eigenvalue weighted by atomic mass is 9.75. The lowest BCUT2D eigenvalue weighted by Gasteiger charge is -2.37. The summed E-state index contributed by atoms with van der Waals surface area (Å²) in [6.45, 7) is 5.80. The molecule has 1 N–H and O–H groups in total. The van der Waals surface area contributed by atoms with Crippen molar-refractivity contribution >= 4 is 0 Å². The van der Waals surface area contributed by atoms with Crippen molar-refractivity contribution in [2.45, 2.75) is 64.3 Å². The third-order valence-corrected chi connectivity index (χ3v) is 4.96. The number of hydrogen-bond donors (Lipinski definition) is 1. The van der Waals surface area contributed by atoms with Crippen LogP contribution in [-0.2, 0) is 0 Å². The molecule has 1 aromatic rings. The molecule has 1 fully saturated rings. The Morgan fingerprint density at radius 1 is 1.24 bits per heavy atom. The van der Waals surface area contributed by atoms with Crippen LogP contribution in [0.25, 0.3) is 0 Å². The molecule has 0 aromatic heterocycles. The Bertz CT molecular complexity index is 412. The number of rotatable bonds is 9. The number of ether oxygens (including phenoxy) is 1. The molecule has 0 radical (unpaired) electrons. The molecule has 1 aromatic carbocycles. The van der Waals surface area contributed by atoms with Crippen molar-refractivity contribution in [3.05, 3.63) is 29.8 Å². The van der Waals surface area contributed by atoms with E-state index in [0.717, 1.165) is 11.7 Å². The van der Waals surface area contributed by atoms with Gasteiger partial charge in [-0.25, -0.2) is 0 Å². The fraction of sp³-hybridized carbons (Fsp3) is 0.684. The van der Waals surface area contributed by atoms with Crippen LogP contribution in [0.2, 0.25) is 0 Å². The Labute approximate surface area is 130 Å². The zero-order valence-corrected chi connectivity index (χ0v) is 13.9. The van der Waals surface area contributed by atoms with Crippen LogP contribution < -0.4 is 10.1 Å². The van der Waals surface area contributed by atoms with Gasteiger partial charge in [-0.05, 0) is 49.3 Å². The smallest absolute Gasteiger partial charge is 0.122 e. The van der Waals surface area contributed by atoms with Gasteiger partial charge >= 0.3 is 0 Å². The van der Waals surface area contributed by atoms with Crippen LogP contribution in [0.15, 0.2) is 24.3 Å². The predicted molar refractivity (Wildman–Crippen MR) is 90.1 cm³/mol. The van der Waals surface area contributed by atoms with Crippen molar-refractivity contribution in [3.8, 4) is 5.75 Å². The number of methoxy groups -OCH3 is 1. The van der Waals surface area contributed by atoms with Crippen LogP contribution in [0, 0.1) is 5.92 Å². The average Bonchev–Trinajstić information content (AvgIpc) is 2.49. The minimum Gasteiger partial charge on any atom is -0.496 e. The molecule has 0 saturated heterocycles. The van der Waals surface area contributed by atoms with Crippen LogP contribution in [0.5, 0.6) is 5.75 Å². The first-order valence-corrected chi connectivity index (χ1v) is 8.64. The summed E-state index contributed by atoms with van der Waals surface area (Å²) in [7, 11) is 1.77. The molecule has 0 bridgehead atoms. The van der Waals surface area contributed by atoms with E-state index in [2.05, 4.69) is 43.4 Å². The van der Waals surface area contributed by atoms with E-state index in [0.29, 0.717) is 12.0 Å². The normalized spacial score (nSPS) is 22.6. The van der Waals surface area contributed by atoms with Crippen LogP contribution in [0.4, 0.5) is 0 Å². The Hall–Kier alpha value is -1.02. The van der Waals surface area contributed by atoms with Crippen molar-refractivity contribution in [2.24, 2.45) is 5.92 Å². The standard InChI is InChI=1S/C19H31NO/c1-4-6-9-15(5-2)14-20-17-12-16(13-17)18-10-7-8-11-19(18)21-3/h7-8,10-11,15-17,20H,4-6,9,12-14H2,1-3H3. The van der Waals surface area contributed by atoms with E-state index in [1.54, 1.807) is 7.11 Å². The van der Waals surface area contributed by atoms with Gasteiger partial charge in [0.1, 0.15) is 5.75 Å². The SMILES string of the molecule is CCCCC(CC)CNC1CC(c2ccccc2OC)C1. The summed E-state index contributed by atoms with van der Waals surface area (Å²) in [6, 6.07) is 9.17. The zero-order chi connectivity index (χ0) is 15.1. The molecule has 2 rings (SSSR count). The average molecular weight is 289 g/mol. The summed E-state index contributed by atoms with van der Waals surface area (Å²) < 4.78 is 5.48. The molecule has 2 nitrogen and oxygen atoms in total. The number of benzene rings is 1. The first-order valence-electron chi connectivity index (χ1n) is 8.64. The van der Waals surface area contributed by atoms with Gasteiger partial charge in [-0.3, -0.25) is 0 Å². The molecule has 1 saturated carbocycles. The summed E-state index contributed by atoms with van der Waals surface area (Å²) in [4.78, 5) is 0. The quantitative estimate of drug-likeness (QED) is 0.708. The second kappa shape index (κ2) is 8.43. The van der Waals surface area contributed by atoms with Gasteiger partial charge in [0.2, 0.25) is 0 Å². The summed E-state index contributed by atoms with van der Waals surface area (Å²) in [5.41, 5.74) is 1.39. The second-order valence-corrected chi connectivity index (χ2v) is 6.43. The van der Waals surface area contributed by atoms with E-state index < -0.39 is 0 Å². The molecule has 0 amide bonds. The van der Waals surface area contributed by atoms with E-state index in [4.69, 9.17) is 4.74 Å². The highest BCUT2D eigenvalue weighted by Crippen LogP contribution is 2.40. The van der Waals surface area contributed by atoms with Crippen molar-refractivity contribution in [1.29, 1.82) is 0 Å². The Morgan fingerprint density at radius 3 is 2.67 bits per heavy atom. The molecular weight excluding hydrogens is 258 g/mol. The van der Waals surface area contributed by atoms with Crippen molar-refractivity contribution in [2.75, 3.05) is 13.7 Å². The van der Waals surface area contributed by atoms with Gasteiger partial charge in [0.15, 0.2) is 0 Å². The molecule has 1 aliphatic rings. The van der Waals surface area contributed by atoms with Gasteiger partial charge in [0.25, 0.3) is 0 Å². The summed E-state index contributed by atoms with van der Waals surface area (Å²) in [6.07, 6.45) is 7.87. The number of unbranched alkanes of at least 4 members (excludes halogenated alkanes) is 1. The molecule has 118 valence electrons. The Kier molecular flexibility index (Phi) is 6.56. The van der Waals surface area contributed by atoms with Gasteiger partial charge < -0.3 is 10.1 Å². The molecular formula is C19H31NO. The minimum atomic E-state index is 0.675. The van der Waals surface area contributed by atoms with E-state index in [9.17, 15) is 0 Å². The Morgan fingerprint density at radius 2 is 2.00 bits per heavy atom. The highest BCUT2D eigenvalue weighted by molar-refractivity contribution is 5.37. The van der Waals surface area contributed by atoms with Gasteiger partial charge in [0.05, 0.1) is 7.11 Å². The monoisotopic (exact) mass is 289 g/mol. The maximum atomic E-state index is 5.48. The molecule has 0 aliphatic heterocycles. The van der Waals surface area contributed by atoms with Crippen LogP contribution >= 0.6 is 0 Å². The van der Waals surface area contributed by atoms with Crippen LogP contribution in [0.3, 0.4) is 0 Å². The maximum absolute atomic E-state index is 5.48. The molecule has 1 aliphatic carbocycles. The molecule has 2 heteroatoms. The highest BCUT2D eigenvalue weighted by atomic mass is 16.5. The van der Waals surface area contributed by atoms with Crippen molar-refractivity contribution in [3.63, 3.8) is 0 Å². The van der Waals surface area contributed by atoms with E-state index in [-0.39, 0.29) is 0 Å². The molecule has 0 heterocycles. The maximum Gasteiger partial charge on any atom is 0.122 e. The first kappa shape index (κ1) is 16.4. The number of nitrogens with one attached hydrogen (secondary N) is 1. The molecule has 0 spiro atoms. The molecule has 1 atom stereocenters. The fourth-order valence-corrected chi connectivity index (χ4v) is 3.32. The van der Waals surface area contributed by atoms with Crippen LogP contribution in [0.1, 0.15) is 63.9 Å². The van der Waals surface area contributed by atoms with Crippen molar-refractivity contribution < 1.29 is 4.74 Å². The van der Waals surface area contributed by atoms with Gasteiger partial charge in [-0.1, -0.05) is 51.3 Å². The number of hydrogen-bond acceptors (Lipinski definition) is 2. The Balaban J connectivity index is 1.74. The topological polar surface area (TPSA) is 21.3 Å². The summed E-state index contributed by atoms with van der Waals surface area (Å²) in [5, 5.41) is 3.78. The van der Waals surface area contributed by atoms with Gasteiger partial charge in [-0.2, -0.15) is 0 Å². The second-order valence-electron chi connectivity index (χ2n) is 6.43. The third-order valence-electron chi connectivity index (χ3n) is 4.96. The predicted octanol–water partition coefficient (Wildman–Crippen LogP) is 4.75.